The van der Waals surface area contributed by atoms with Crippen molar-refractivity contribution in [2.24, 2.45) is 0 Å². The second kappa shape index (κ2) is 7.49. The van der Waals surface area contributed by atoms with Gasteiger partial charge in [-0.3, -0.25) is 0 Å². The van der Waals surface area contributed by atoms with Crippen molar-refractivity contribution in [3.63, 3.8) is 0 Å². The summed E-state index contributed by atoms with van der Waals surface area (Å²) in [6, 6.07) is 9.66. The highest BCUT2D eigenvalue weighted by Crippen LogP contribution is 2.38. The van der Waals surface area contributed by atoms with E-state index in [0.29, 0.717) is 23.0 Å². The molecule has 0 bridgehead atoms. The Bertz CT molecular complexity index is 886. The van der Waals surface area contributed by atoms with Crippen LogP contribution >= 0.6 is 11.3 Å². The molecule has 2 aromatic carbocycles. The zero-order chi connectivity index (χ0) is 17.8. The van der Waals surface area contributed by atoms with Crippen LogP contribution in [-0.2, 0) is 6.42 Å². The molecule has 0 unspecified atom stereocenters. The van der Waals surface area contributed by atoms with Crippen molar-refractivity contribution in [2.45, 2.75) is 6.42 Å². The molecule has 0 radical (unpaired) electrons. The number of fused-ring (bicyclic) bond motifs is 1. The molecule has 3 rings (SSSR count). The molecule has 0 aliphatic carbocycles. The summed E-state index contributed by atoms with van der Waals surface area (Å²) >= 11 is 1.63. The summed E-state index contributed by atoms with van der Waals surface area (Å²) in [6.45, 7) is 0. The first kappa shape index (κ1) is 17.2. The number of ether oxygens (including phenoxy) is 3. The Morgan fingerprint density at radius 2 is 1.72 bits per heavy atom. The maximum Gasteiger partial charge on any atom is 0.203 e. The van der Waals surface area contributed by atoms with E-state index in [9.17, 15) is 5.11 Å². The molecule has 0 amide bonds. The van der Waals surface area contributed by atoms with Gasteiger partial charge >= 0.3 is 0 Å². The van der Waals surface area contributed by atoms with Crippen molar-refractivity contribution in [3.8, 4) is 23.0 Å². The zero-order valence-corrected chi connectivity index (χ0v) is 15.2. The van der Waals surface area contributed by atoms with Crippen LogP contribution in [0.15, 0.2) is 41.8 Å². The van der Waals surface area contributed by atoms with E-state index in [0.717, 1.165) is 27.6 Å². The predicted molar refractivity (Wildman–Crippen MR) is 102 cm³/mol. The fraction of sp³-hybridized carbons (Fsp3) is 0.200. The summed E-state index contributed by atoms with van der Waals surface area (Å²) in [5.74, 6) is 2.16. The van der Waals surface area contributed by atoms with Gasteiger partial charge in [-0.2, -0.15) is 0 Å². The van der Waals surface area contributed by atoms with Gasteiger partial charge in [0.05, 0.1) is 21.3 Å². The molecule has 0 saturated carbocycles. The number of phenols is 1. The quantitative estimate of drug-likeness (QED) is 0.683. The lowest BCUT2D eigenvalue weighted by Gasteiger charge is -2.12. The third-order valence-corrected chi connectivity index (χ3v) is 4.82. The lowest BCUT2D eigenvalue weighted by atomic mass is 10.1. The summed E-state index contributed by atoms with van der Waals surface area (Å²) in [7, 11) is 4.79. The number of hydrogen-bond acceptors (Lipinski definition) is 5. The van der Waals surface area contributed by atoms with Crippen molar-refractivity contribution in [1.82, 2.24) is 0 Å². The number of allylic oxidation sites excluding steroid dienone is 1. The highest BCUT2D eigenvalue weighted by atomic mass is 32.1. The Balaban J connectivity index is 1.83. The molecule has 0 aliphatic rings. The SMILES string of the molecule is COc1cc(/C=C/Cc2cc(O)c3ccsc3c2)cc(OC)c1OC. The number of thiophene rings is 1. The molecule has 0 atom stereocenters. The molecule has 0 aliphatic heterocycles. The van der Waals surface area contributed by atoms with Gasteiger partial charge in [0.25, 0.3) is 0 Å². The van der Waals surface area contributed by atoms with Crippen molar-refractivity contribution in [1.29, 1.82) is 0 Å². The number of phenolic OH excluding ortho intramolecular Hbond substituents is 1. The Morgan fingerprint density at radius 3 is 2.36 bits per heavy atom. The summed E-state index contributed by atoms with van der Waals surface area (Å²) in [6.07, 6.45) is 4.77. The minimum Gasteiger partial charge on any atom is -0.507 e. The van der Waals surface area contributed by atoms with Crippen LogP contribution in [0.3, 0.4) is 0 Å². The van der Waals surface area contributed by atoms with Crippen molar-refractivity contribution in [2.75, 3.05) is 21.3 Å². The van der Waals surface area contributed by atoms with Crippen LogP contribution in [0.2, 0.25) is 0 Å². The average Bonchev–Trinajstić information content (AvgIpc) is 3.10. The number of rotatable bonds is 6. The lowest BCUT2D eigenvalue weighted by molar-refractivity contribution is 0.324. The van der Waals surface area contributed by atoms with Crippen LogP contribution in [0.25, 0.3) is 16.2 Å². The highest BCUT2D eigenvalue weighted by Gasteiger charge is 2.12. The number of benzene rings is 2. The van der Waals surface area contributed by atoms with Crippen molar-refractivity contribution < 1.29 is 19.3 Å². The van der Waals surface area contributed by atoms with E-state index in [1.165, 1.54) is 0 Å². The second-order valence-electron chi connectivity index (χ2n) is 5.51. The van der Waals surface area contributed by atoms with Crippen molar-refractivity contribution in [3.05, 3.63) is 52.9 Å². The van der Waals surface area contributed by atoms with E-state index < -0.39 is 0 Å². The van der Waals surface area contributed by atoms with Crippen LogP contribution in [0, 0.1) is 0 Å². The van der Waals surface area contributed by atoms with E-state index in [4.69, 9.17) is 14.2 Å². The molecule has 5 heteroatoms. The first-order chi connectivity index (χ1) is 12.2. The number of methoxy groups -OCH3 is 3. The predicted octanol–water partition coefficient (Wildman–Crippen LogP) is 4.89. The van der Waals surface area contributed by atoms with Gasteiger partial charge in [-0.25, -0.2) is 0 Å². The normalized spacial score (nSPS) is 11.2. The summed E-state index contributed by atoms with van der Waals surface area (Å²) < 4.78 is 17.2. The minimum atomic E-state index is 0.329. The van der Waals surface area contributed by atoms with Crippen LogP contribution in [-0.4, -0.2) is 26.4 Å². The van der Waals surface area contributed by atoms with Gasteiger partial charge in [-0.05, 0) is 53.3 Å². The number of hydrogen-bond donors (Lipinski definition) is 1. The van der Waals surface area contributed by atoms with Gasteiger partial charge in [0.2, 0.25) is 5.75 Å². The molecule has 1 aromatic heterocycles. The van der Waals surface area contributed by atoms with Gasteiger partial charge in [0.1, 0.15) is 5.75 Å². The zero-order valence-electron chi connectivity index (χ0n) is 14.4. The summed E-state index contributed by atoms with van der Waals surface area (Å²) in [5, 5.41) is 13.0. The molecular weight excluding hydrogens is 336 g/mol. The minimum absolute atomic E-state index is 0.329. The third-order valence-electron chi connectivity index (χ3n) is 3.96. The highest BCUT2D eigenvalue weighted by molar-refractivity contribution is 7.17. The Labute approximate surface area is 150 Å². The van der Waals surface area contributed by atoms with E-state index in [-0.39, 0.29) is 0 Å². The standard InChI is InChI=1S/C20H20O4S/c1-22-17-10-14(11-18(23-2)20(17)24-3)6-4-5-13-9-16(21)15-7-8-25-19(15)12-13/h4,6-12,21H,5H2,1-3H3/b6-4+. The largest absolute Gasteiger partial charge is 0.507 e. The summed E-state index contributed by atoms with van der Waals surface area (Å²) in [5.41, 5.74) is 2.02. The molecule has 130 valence electrons. The molecule has 1 N–H and O–H groups in total. The third kappa shape index (κ3) is 3.56. The first-order valence-electron chi connectivity index (χ1n) is 7.82. The molecular formula is C20H20O4S. The smallest absolute Gasteiger partial charge is 0.203 e. The monoisotopic (exact) mass is 356 g/mol. The van der Waals surface area contributed by atoms with Gasteiger partial charge in [0, 0.05) is 10.1 Å². The van der Waals surface area contributed by atoms with E-state index in [1.54, 1.807) is 32.7 Å². The maximum absolute atomic E-state index is 10.1. The van der Waals surface area contributed by atoms with Crippen molar-refractivity contribution >= 4 is 27.5 Å². The fourth-order valence-electron chi connectivity index (χ4n) is 2.75. The summed E-state index contributed by atoms with van der Waals surface area (Å²) in [4.78, 5) is 0. The number of aromatic hydroxyl groups is 1. The van der Waals surface area contributed by atoms with Gasteiger partial charge in [0.15, 0.2) is 11.5 Å². The van der Waals surface area contributed by atoms with Crippen LogP contribution in [0.5, 0.6) is 23.0 Å². The second-order valence-corrected chi connectivity index (χ2v) is 6.46. The Kier molecular flexibility index (Phi) is 5.14. The van der Waals surface area contributed by atoms with E-state index in [2.05, 4.69) is 12.1 Å². The van der Waals surface area contributed by atoms with Gasteiger partial charge < -0.3 is 19.3 Å². The van der Waals surface area contributed by atoms with Crippen LogP contribution in [0.1, 0.15) is 11.1 Å². The molecule has 1 heterocycles. The topological polar surface area (TPSA) is 47.9 Å². The van der Waals surface area contributed by atoms with Gasteiger partial charge in [-0.1, -0.05) is 12.2 Å². The molecule has 4 nitrogen and oxygen atoms in total. The van der Waals surface area contributed by atoms with Crippen LogP contribution < -0.4 is 14.2 Å². The Hall–Kier alpha value is -2.66. The first-order valence-corrected chi connectivity index (χ1v) is 8.70. The molecule has 25 heavy (non-hydrogen) atoms. The van der Waals surface area contributed by atoms with E-state index >= 15 is 0 Å². The maximum atomic E-state index is 10.1. The van der Waals surface area contributed by atoms with Crippen LogP contribution in [0.4, 0.5) is 0 Å². The molecule has 0 fully saturated rings. The average molecular weight is 356 g/mol. The lowest BCUT2D eigenvalue weighted by Crippen LogP contribution is -1.95. The molecule has 3 aromatic rings. The Morgan fingerprint density at radius 1 is 1.00 bits per heavy atom. The van der Waals surface area contributed by atoms with E-state index in [1.807, 2.05) is 35.7 Å². The van der Waals surface area contributed by atoms with Gasteiger partial charge in [-0.15, -0.1) is 11.3 Å². The molecule has 0 spiro atoms. The molecule has 0 saturated heterocycles. The fourth-order valence-corrected chi connectivity index (χ4v) is 3.62.